The number of ether oxygens (including phenoxy) is 3. The zero-order valence-corrected chi connectivity index (χ0v) is 14.2. The van der Waals surface area contributed by atoms with Crippen LogP contribution in [0.1, 0.15) is 22.0 Å². The quantitative estimate of drug-likeness (QED) is 0.556. The summed E-state index contributed by atoms with van der Waals surface area (Å²) < 4.78 is 16.1. The van der Waals surface area contributed by atoms with Crippen molar-refractivity contribution in [1.82, 2.24) is 0 Å². The summed E-state index contributed by atoms with van der Waals surface area (Å²) in [6.07, 6.45) is -2.61. The van der Waals surface area contributed by atoms with Gasteiger partial charge in [0.2, 0.25) is 0 Å². The lowest BCUT2D eigenvalue weighted by Gasteiger charge is -2.18. The summed E-state index contributed by atoms with van der Waals surface area (Å²) in [6, 6.07) is 8.67. The largest absolute Gasteiger partial charge is 0.493 e. The monoisotopic (exact) mass is 364 g/mol. The Labute approximate surface area is 149 Å². The van der Waals surface area contributed by atoms with Gasteiger partial charge in [0.15, 0.2) is 23.0 Å². The number of carbonyl (C=O) groups is 1. The number of rotatable bonds is 8. The molecule has 0 fully saturated rings. The topological polar surface area (TPSA) is 126 Å². The second-order valence-corrected chi connectivity index (χ2v) is 5.38. The summed E-state index contributed by atoms with van der Waals surface area (Å²) >= 11 is 0. The van der Waals surface area contributed by atoms with Gasteiger partial charge >= 0.3 is 5.97 Å². The Bertz CT molecular complexity index is 774. The normalized spacial score (nSPS) is 13.0. The van der Waals surface area contributed by atoms with E-state index < -0.39 is 24.8 Å². The molecule has 0 amide bonds. The van der Waals surface area contributed by atoms with Crippen LogP contribution >= 0.6 is 0 Å². The smallest absolute Gasteiger partial charge is 0.335 e. The molecule has 0 aliphatic carbocycles. The number of aromatic carboxylic acids is 1. The van der Waals surface area contributed by atoms with Gasteiger partial charge in [-0.05, 0) is 35.9 Å². The summed E-state index contributed by atoms with van der Waals surface area (Å²) in [5, 5.41) is 37.5. The van der Waals surface area contributed by atoms with Gasteiger partial charge in [0.1, 0.15) is 12.2 Å². The molecule has 0 heterocycles. The van der Waals surface area contributed by atoms with Crippen LogP contribution in [0.2, 0.25) is 0 Å². The number of hydrogen-bond acceptors (Lipinski definition) is 7. The average Bonchev–Trinajstić information content (AvgIpc) is 2.67. The lowest BCUT2D eigenvalue weighted by atomic mass is 10.0. The van der Waals surface area contributed by atoms with Crippen LogP contribution in [-0.4, -0.2) is 53.3 Å². The minimum atomic E-state index is -1.32. The van der Waals surface area contributed by atoms with E-state index in [4.69, 9.17) is 24.4 Å². The number of aliphatic hydroxyl groups excluding tert-OH is 3. The molecule has 0 saturated heterocycles. The maximum atomic E-state index is 11.0. The molecule has 2 aromatic rings. The van der Waals surface area contributed by atoms with Crippen LogP contribution in [0.3, 0.4) is 0 Å². The molecule has 8 nitrogen and oxygen atoms in total. The molecule has 2 rings (SSSR count). The predicted molar refractivity (Wildman–Crippen MR) is 91.1 cm³/mol. The highest BCUT2D eigenvalue weighted by Gasteiger charge is 2.20. The second kappa shape index (κ2) is 8.52. The predicted octanol–water partition coefficient (Wildman–Crippen LogP) is 1.58. The molecule has 26 heavy (non-hydrogen) atoms. The van der Waals surface area contributed by atoms with Crippen LogP contribution < -0.4 is 14.2 Å². The van der Waals surface area contributed by atoms with Crippen molar-refractivity contribution < 1.29 is 39.4 Å². The van der Waals surface area contributed by atoms with Crippen LogP contribution in [-0.2, 0) is 0 Å². The van der Waals surface area contributed by atoms with Gasteiger partial charge in [-0.15, -0.1) is 0 Å². The molecule has 4 N–H and O–H groups in total. The van der Waals surface area contributed by atoms with Gasteiger partial charge in [-0.2, -0.15) is 0 Å². The highest BCUT2D eigenvalue weighted by Crippen LogP contribution is 2.38. The van der Waals surface area contributed by atoms with Gasteiger partial charge in [-0.1, -0.05) is 6.07 Å². The van der Waals surface area contributed by atoms with E-state index in [0.717, 1.165) is 0 Å². The minimum absolute atomic E-state index is 0.0534. The SMILES string of the molecule is COc1cc(C(=O)O)ccc1Oc1ccc(C(O)C(O)CO)cc1OC. The van der Waals surface area contributed by atoms with E-state index in [2.05, 4.69) is 0 Å². The molecular formula is C18H20O8. The first-order valence-corrected chi connectivity index (χ1v) is 7.65. The number of hydrogen-bond donors (Lipinski definition) is 4. The first-order valence-electron chi connectivity index (χ1n) is 7.65. The Morgan fingerprint density at radius 1 is 0.962 bits per heavy atom. The highest BCUT2D eigenvalue weighted by atomic mass is 16.5. The van der Waals surface area contributed by atoms with E-state index in [1.54, 1.807) is 0 Å². The van der Waals surface area contributed by atoms with E-state index in [9.17, 15) is 15.0 Å². The first-order chi connectivity index (χ1) is 12.4. The summed E-state index contributed by atoms with van der Waals surface area (Å²) in [6.45, 7) is -0.588. The Hall–Kier alpha value is -2.81. The molecule has 8 heteroatoms. The fraction of sp³-hybridized carbons (Fsp3) is 0.278. The van der Waals surface area contributed by atoms with Gasteiger partial charge in [0, 0.05) is 0 Å². The molecule has 0 aliphatic heterocycles. The van der Waals surface area contributed by atoms with Crippen molar-refractivity contribution in [3.05, 3.63) is 47.5 Å². The minimum Gasteiger partial charge on any atom is -0.493 e. The Morgan fingerprint density at radius 3 is 2.08 bits per heavy atom. The molecule has 0 spiro atoms. The molecule has 0 bridgehead atoms. The average molecular weight is 364 g/mol. The number of methoxy groups -OCH3 is 2. The van der Waals surface area contributed by atoms with E-state index >= 15 is 0 Å². The van der Waals surface area contributed by atoms with Crippen LogP contribution in [0.5, 0.6) is 23.0 Å². The summed E-state index contributed by atoms with van der Waals surface area (Å²) in [7, 11) is 2.80. The van der Waals surface area contributed by atoms with Crippen molar-refractivity contribution in [2.45, 2.75) is 12.2 Å². The standard InChI is InChI=1S/C18H20O8/c1-24-15-7-10(17(21)12(20)9-19)3-5-13(15)26-14-6-4-11(18(22)23)8-16(14)25-2/h3-8,12,17,19-21H,9H2,1-2H3,(H,22,23). The third kappa shape index (κ3) is 4.23. The van der Waals surface area contributed by atoms with Gasteiger partial charge in [-0.25, -0.2) is 4.79 Å². The van der Waals surface area contributed by atoms with Crippen molar-refractivity contribution in [2.75, 3.05) is 20.8 Å². The molecule has 2 atom stereocenters. The third-order valence-electron chi connectivity index (χ3n) is 3.71. The van der Waals surface area contributed by atoms with E-state index in [0.29, 0.717) is 11.3 Å². The Morgan fingerprint density at radius 2 is 1.54 bits per heavy atom. The van der Waals surface area contributed by atoms with E-state index in [-0.39, 0.29) is 22.8 Å². The van der Waals surface area contributed by atoms with Gasteiger partial charge in [-0.3, -0.25) is 0 Å². The molecule has 0 radical (unpaired) electrons. The molecule has 0 aliphatic rings. The fourth-order valence-electron chi connectivity index (χ4n) is 2.28. The summed E-state index contributed by atoms with van der Waals surface area (Å²) in [5.74, 6) is -0.0150. The number of carboxylic acids is 1. The number of aliphatic hydroxyl groups is 3. The third-order valence-corrected chi connectivity index (χ3v) is 3.71. The second-order valence-electron chi connectivity index (χ2n) is 5.38. The maximum absolute atomic E-state index is 11.0. The van der Waals surface area contributed by atoms with Gasteiger partial charge in [0.25, 0.3) is 0 Å². The molecule has 0 saturated carbocycles. The number of carboxylic acid groups (broad SMARTS) is 1. The van der Waals surface area contributed by atoms with Crippen LogP contribution in [0.4, 0.5) is 0 Å². The Balaban J connectivity index is 2.33. The van der Waals surface area contributed by atoms with Crippen molar-refractivity contribution in [3.63, 3.8) is 0 Å². The van der Waals surface area contributed by atoms with Crippen molar-refractivity contribution >= 4 is 5.97 Å². The highest BCUT2D eigenvalue weighted by molar-refractivity contribution is 5.88. The zero-order valence-electron chi connectivity index (χ0n) is 14.2. The molecule has 140 valence electrons. The molecular weight excluding hydrogens is 344 g/mol. The number of benzene rings is 2. The van der Waals surface area contributed by atoms with E-state index in [1.165, 1.54) is 50.6 Å². The van der Waals surface area contributed by atoms with Crippen molar-refractivity contribution in [3.8, 4) is 23.0 Å². The summed E-state index contributed by atoms with van der Waals surface area (Å²) in [4.78, 5) is 11.0. The molecule has 0 aromatic heterocycles. The molecule has 2 unspecified atom stereocenters. The summed E-state index contributed by atoms with van der Waals surface area (Å²) in [5.41, 5.74) is 0.390. The zero-order chi connectivity index (χ0) is 19.3. The Kier molecular flexibility index (Phi) is 6.40. The van der Waals surface area contributed by atoms with E-state index in [1.807, 2.05) is 0 Å². The van der Waals surface area contributed by atoms with Crippen LogP contribution in [0, 0.1) is 0 Å². The van der Waals surface area contributed by atoms with Gasteiger partial charge < -0.3 is 34.6 Å². The maximum Gasteiger partial charge on any atom is 0.335 e. The van der Waals surface area contributed by atoms with Crippen molar-refractivity contribution in [2.24, 2.45) is 0 Å². The van der Waals surface area contributed by atoms with Gasteiger partial charge in [0.05, 0.1) is 26.4 Å². The fourth-order valence-corrected chi connectivity index (χ4v) is 2.28. The first kappa shape index (κ1) is 19.5. The van der Waals surface area contributed by atoms with Crippen LogP contribution in [0.15, 0.2) is 36.4 Å². The lowest BCUT2D eigenvalue weighted by Crippen LogP contribution is -2.22. The van der Waals surface area contributed by atoms with Crippen molar-refractivity contribution in [1.29, 1.82) is 0 Å². The lowest BCUT2D eigenvalue weighted by molar-refractivity contribution is -0.0153. The van der Waals surface area contributed by atoms with Crippen LogP contribution in [0.25, 0.3) is 0 Å². The molecule has 2 aromatic carbocycles.